The van der Waals surface area contributed by atoms with Crippen molar-refractivity contribution in [3.8, 4) is 0 Å². The molecule has 0 radical (unpaired) electrons. The summed E-state index contributed by atoms with van der Waals surface area (Å²) in [4.78, 5) is 27.1. The molecule has 19 heavy (non-hydrogen) atoms. The van der Waals surface area contributed by atoms with Crippen molar-refractivity contribution < 1.29 is 14.7 Å². The summed E-state index contributed by atoms with van der Waals surface area (Å²) in [5.41, 5.74) is -0.694. The average molecular weight is 285 g/mol. The normalized spacial score (nSPS) is 11.1. The number of aliphatic carboxylic acids is 1. The minimum Gasteiger partial charge on any atom is -0.481 e. The van der Waals surface area contributed by atoms with Crippen LogP contribution in [0.25, 0.3) is 0 Å². The van der Waals surface area contributed by atoms with Crippen LogP contribution in [-0.2, 0) is 4.79 Å². The summed E-state index contributed by atoms with van der Waals surface area (Å²) in [7, 11) is 0. The predicted octanol–water partition coefficient (Wildman–Crippen LogP) is 2.36. The average Bonchev–Trinajstić information content (AvgIpc) is 2.40. The van der Waals surface area contributed by atoms with Crippen molar-refractivity contribution in [1.82, 2.24) is 10.3 Å². The van der Waals surface area contributed by atoms with Crippen molar-refractivity contribution in [1.29, 1.82) is 0 Å². The van der Waals surface area contributed by atoms with Crippen LogP contribution >= 0.6 is 11.6 Å². The molecule has 104 valence electrons. The lowest BCUT2D eigenvalue weighted by molar-refractivity contribution is -0.149. The highest BCUT2D eigenvalue weighted by molar-refractivity contribution is 6.32. The number of halogens is 1. The lowest BCUT2D eigenvalue weighted by atomic mass is 9.82. The van der Waals surface area contributed by atoms with E-state index in [1.165, 1.54) is 6.20 Å². The maximum absolute atomic E-state index is 11.9. The molecule has 6 heteroatoms. The van der Waals surface area contributed by atoms with Crippen molar-refractivity contribution in [3.63, 3.8) is 0 Å². The fourth-order valence-corrected chi connectivity index (χ4v) is 1.98. The number of carboxylic acid groups (broad SMARTS) is 1. The molecule has 1 rings (SSSR count). The molecule has 0 fully saturated rings. The molecule has 0 saturated heterocycles. The molecular formula is C13H17ClN2O3. The SMILES string of the molecule is CCC(CC)(CNC(=O)c1cccnc1Cl)C(=O)O. The van der Waals surface area contributed by atoms with Crippen LogP contribution in [0.5, 0.6) is 0 Å². The topological polar surface area (TPSA) is 79.3 Å². The van der Waals surface area contributed by atoms with Gasteiger partial charge in [0.1, 0.15) is 5.15 Å². The van der Waals surface area contributed by atoms with Gasteiger partial charge in [0.15, 0.2) is 0 Å². The Morgan fingerprint density at radius 2 is 2.05 bits per heavy atom. The highest BCUT2D eigenvalue weighted by atomic mass is 35.5. The summed E-state index contributed by atoms with van der Waals surface area (Å²) in [5, 5.41) is 12.0. The molecule has 0 bridgehead atoms. The zero-order chi connectivity index (χ0) is 14.5. The Hall–Kier alpha value is -1.62. The molecule has 5 nitrogen and oxygen atoms in total. The van der Waals surface area contributed by atoms with E-state index in [1.807, 2.05) is 0 Å². The number of carbonyl (C=O) groups is 2. The number of carbonyl (C=O) groups excluding carboxylic acids is 1. The van der Waals surface area contributed by atoms with Crippen LogP contribution in [-0.4, -0.2) is 28.5 Å². The first-order valence-electron chi connectivity index (χ1n) is 6.09. The smallest absolute Gasteiger partial charge is 0.311 e. The Labute approximate surface area is 117 Å². The van der Waals surface area contributed by atoms with Crippen LogP contribution in [0.2, 0.25) is 5.15 Å². The third-order valence-corrected chi connectivity index (χ3v) is 3.70. The zero-order valence-corrected chi connectivity index (χ0v) is 11.7. The molecule has 0 aliphatic heterocycles. The number of hydrogen-bond acceptors (Lipinski definition) is 3. The van der Waals surface area contributed by atoms with E-state index in [-0.39, 0.29) is 17.3 Å². The minimum atomic E-state index is -0.940. The summed E-state index contributed by atoms with van der Waals surface area (Å²) in [6.45, 7) is 3.65. The van der Waals surface area contributed by atoms with E-state index in [4.69, 9.17) is 11.6 Å². The monoisotopic (exact) mass is 284 g/mol. The van der Waals surface area contributed by atoms with Crippen molar-refractivity contribution in [2.24, 2.45) is 5.41 Å². The molecular weight excluding hydrogens is 268 g/mol. The second-order valence-corrected chi connectivity index (χ2v) is 4.68. The number of nitrogens with one attached hydrogen (secondary N) is 1. The fourth-order valence-electron chi connectivity index (χ4n) is 1.78. The van der Waals surface area contributed by atoms with Gasteiger partial charge in [-0.1, -0.05) is 25.4 Å². The molecule has 0 aliphatic rings. The molecule has 0 aromatic carbocycles. The van der Waals surface area contributed by atoms with Crippen molar-refractivity contribution >= 4 is 23.5 Å². The Morgan fingerprint density at radius 1 is 1.42 bits per heavy atom. The highest BCUT2D eigenvalue weighted by Gasteiger charge is 2.35. The van der Waals surface area contributed by atoms with Gasteiger partial charge in [0.05, 0.1) is 11.0 Å². The van der Waals surface area contributed by atoms with E-state index < -0.39 is 17.3 Å². The van der Waals surface area contributed by atoms with E-state index in [2.05, 4.69) is 10.3 Å². The molecule has 1 heterocycles. The summed E-state index contributed by atoms with van der Waals surface area (Å²) >= 11 is 5.81. The quantitative estimate of drug-likeness (QED) is 0.786. The van der Waals surface area contributed by atoms with Crippen LogP contribution < -0.4 is 5.32 Å². The number of aromatic nitrogens is 1. The van der Waals surface area contributed by atoms with Crippen molar-refractivity contribution in [2.45, 2.75) is 26.7 Å². The first kappa shape index (κ1) is 15.4. The van der Waals surface area contributed by atoms with Gasteiger partial charge in [-0.05, 0) is 25.0 Å². The molecule has 1 amide bonds. The first-order chi connectivity index (χ1) is 8.96. The van der Waals surface area contributed by atoms with Crippen molar-refractivity contribution in [2.75, 3.05) is 6.54 Å². The first-order valence-corrected chi connectivity index (χ1v) is 6.46. The lowest BCUT2D eigenvalue weighted by Crippen LogP contribution is -2.42. The number of hydrogen-bond donors (Lipinski definition) is 2. The standard InChI is InChI=1S/C13H17ClN2O3/c1-3-13(4-2,12(18)19)8-16-11(17)9-6-5-7-15-10(9)14/h5-7H,3-4,8H2,1-2H3,(H,16,17)(H,18,19). The van der Waals surface area contributed by atoms with Crippen LogP contribution in [0, 0.1) is 5.41 Å². The second-order valence-electron chi connectivity index (χ2n) is 4.32. The molecule has 0 aliphatic carbocycles. The molecule has 0 atom stereocenters. The Bertz CT molecular complexity index is 473. The zero-order valence-electron chi connectivity index (χ0n) is 10.9. The van der Waals surface area contributed by atoms with Crippen LogP contribution in [0.15, 0.2) is 18.3 Å². The third-order valence-electron chi connectivity index (χ3n) is 3.40. The molecule has 0 unspecified atom stereocenters. The minimum absolute atomic E-state index is 0.0688. The molecule has 1 aromatic heterocycles. The number of carboxylic acids is 1. The third kappa shape index (κ3) is 3.44. The second kappa shape index (κ2) is 6.52. The largest absolute Gasteiger partial charge is 0.481 e. The number of nitrogens with zero attached hydrogens (tertiary/aromatic N) is 1. The van der Waals surface area contributed by atoms with E-state index in [1.54, 1.807) is 26.0 Å². The van der Waals surface area contributed by atoms with Crippen LogP contribution in [0.3, 0.4) is 0 Å². The van der Waals surface area contributed by atoms with Crippen LogP contribution in [0.1, 0.15) is 37.0 Å². The van der Waals surface area contributed by atoms with Gasteiger partial charge in [-0.3, -0.25) is 9.59 Å². The van der Waals surface area contributed by atoms with E-state index in [9.17, 15) is 14.7 Å². The molecule has 1 aromatic rings. The number of rotatable bonds is 6. The Balaban J connectivity index is 2.79. The summed E-state index contributed by atoms with van der Waals surface area (Å²) < 4.78 is 0. The van der Waals surface area contributed by atoms with Gasteiger partial charge in [0.2, 0.25) is 0 Å². The van der Waals surface area contributed by atoms with E-state index in [0.717, 1.165) is 0 Å². The van der Waals surface area contributed by atoms with E-state index >= 15 is 0 Å². The van der Waals surface area contributed by atoms with Crippen LogP contribution in [0.4, 0.5) is 0 Å². The van der Waals surface area contributed by atoms with Gasteiger partial charge >= 0.3 is 5.97 Å². The predicted molar refractivity (Wildman–Crippen MR) is 72.2 cm³/mol. The lowest BCUT2D eigenvalue weighted by Gasteiger charge is -2.26. The van der Waals surface area contributed by atoms with Gasteiger partial charge in [-0.25, -0.2) is 4.98 Å². The highest BCUT2D eigenvalue weighted by Crippen LogP contribution is 2.26. The maximum Gasteiger partial charge on any atom is 0.311 e. The molecule has 0 saturated carbocycles. The fraction of sp³-hybridized carbons (Fsp3) is 0.462. The van der Waals surface area contributed by atoms with Crippen molar-refractivity contribution in [3.05, 3.63) is 29.0 Å². The maximum atomic E-state index is 11.9. The van der Waals surface area contributed by atoms with Gasteiger partial charge < -0.3 is 10.4 Å². The van der Waals surface area contributed by atoms with Gasteiger partial charge in [-0.2, -0.15) is 0 Å². The van der Waals surface area contributed by atoms with Gasteiger partial charge in [-0.15, -0.1) is 0 Å². The molecule has 2 N–H and O–H groups in total. The summed E-state index contributed by atoms with van der Waals surface area (Å²) in [6, 6.07) is 3.15. The number of amides is 1. The Kier molecular flexibility index (Phi) is 5.30. The Morgan fingerprint density at radius 3 is 2.53 bits per heavy atom. The summed E-state index contributed by atoms with van der Waals surface area (Å²) in [6.07, 6.45) is 2.37. The summed E-state index contributed by atoms with van der Waals surface area (Å²) in [5.74, 6) is -1.32. The van der Waals surface area contributed by atoms with Gasteiger partial charge in [0.25, 0.3) is 5.91 Å². The van der Waals surface area contributed by atoms with Gasteiger partial charge in [0, 0.05) is 12.7 Å². The number of pyridine rings is 1. The molecule has 0 spiro atoms. The van der Waals surface area contributed by atoms with E-state index in [0.29, 0.717) is 12.8 Å².